The molecule has 106 valence electrons. The number of nitrogens with two attached hydrogens (primary N) is 1. The van der Waals surface area contributed by atoms with Crippen molar-refractivity contribution in [1.29, 1.82) is 0 Å². The van der Waals surface area contributed by atoms with Gasteiger partial charge in [0.15, 0.2) is 18.1 Å². The van der Waals surface area contributed by atoms with Gasteiger partial charge in [0.05, 0.1) is 18.7 Å². The molecular weight excluding hydrogens is 272 g/mol. The highest BCUT2D eigenvalue weighted by molar-refractivity contribution is 6.32. The summed E-state index contributed by atoms with van der Waals surface area (Å²) in [5, 5.41) is 12.0. The number of hydrogen-bond donors (Lipinski definition) is 3. The first kappa shape index (κ1) is 15.6. The Morgan fingerprint density at radius 1 is 1.53 bits per heavy atom. The SMILES string of the molecule is COc1cc(CNCCO)cc(Cl)c1OCC(N)=O. The van der Waals surface area contributed by atoms with Crippen LogP contribution in [0.25, 0.3) is 0 Å². The lowest BCUT2D eigenvalue weighted by Crippen LogP contribution is -2.20. The van der Waals surface area contributed by atoms with Gasteiger partial charge in [0.1, 0.15) is 0 Å². The van der Waals surface area contributed by atoms with Gasteiger partial charge in [-0.3, -0.25) is 4.79 Å². The number of amides is 1. The Balaban J connectivity index is 2.84. The van der Waals surface area contributed by atoms with E-state index in [4.69, 9.17) is 31.9 Å². The molecule has 0 saturated carbocycles. The maximum absolute atomic E-state index is 10.7. The van der Waals surface area contributed by atoms with Crippen LogP contribution in [-0.2, 0) is 11.3 Å². The average molecular weight is 289 g/mol. The Morgan fingerprint density at radius 2 is 2.26 bits per heavy atom. The third-order valence-electron chi connectivity index (χ3n) is 2.27. The molecule has 0 aliphatic carbocycles. The zero-order chi connectivity index (χ0) is 14.3. The molecule has 0 aliphatic heterocycles. The molecule has 0 aromatic heterocycles. The number of methoxy groups -OCH3 is 1. The number of carbonyl (C=O) groups is 1. The molecule has 0 unspecified atom stereocenters. The summed E-state index contributed by atoms with van der Waals surface area (Å²) in [6, 6.07) is 3.44. The standard InChI is InChI=1S/C12H17ClN2O4/c1-18-10-5-8(6-15-2-3-16)4-9(13)12(10)19-7-11(14)17/h4-5,15-16H,2-3,6-7H2,1H3,(H2,14,17). The minimum absolute atomic E-state index is 0.0602. The lowest BCUT2D eigenvalue weighted by molar-refractivity contribution is -0.119. The molecule has 1 aromatic rings. The predicted molar refractivity (Wildman–Crippen MR) is 71.5 cm³/mol. The van der Waals surface area contributed by atoms with E-state index in [-0.39, 0.29) is 19.0 Å². The van der Waals surface area contributed by atoms with Crippen molar-refractivity contribution < 1.29 is 19.4 Å². The molecule has 6 nitrogen and oxygen atoms in total. The number of benzene rings is 1. The summed E-state index contributed by atoms with van der Waals surface area (Å²) in [5.41, 5.74) is 5.89. The number of hydrogen-bond acceptors (Lipinski definition) is 5. The number of aliphatic hydroxyl groups is 1. The minimum Gasteiger partial charge on any atom is -0.493 e. The second-order valence-electron chi connectivity index (χ2n) is 3.76. The van der Waals surface area contributed by atoms with Gasteiger partial charge in [-0.25, -0.2) is 0 Å². The lowest BCUT2D eigenvalue weighted by atomic mass is 10.2. The Morgan fingerprint density at radius 3 is 2.84 bits per heavy atom. The van der Waals surface area contributed by atoms with E-state index in [9.17, 15) is 4.79 Å². The van der Waals surface area contributed by atoms with Gasteiger partial charge in [0, 0.05) is 13.1 Å². The van der Waals surface area contributed by atoms with Crippen LogP contribution in [0.3, 0.4) is 0 Å². The van der Waals surface area contributed by atoms with Gasteiger partial charge in [-0.05, 0) is 17.7 Å². The molecule has 1 aromatic carbocycles. The lowest BCUT2D eigenvalue weighted by Gasteiger charge is -2.13. The van der Waals surface area contributed by atoms with Crippen molar-refractivity contribution in [3.63, 3.8) is 0 Å². The highest BCUT2D eigenvalue weighted by Crippen LogP contribution is 2.36. The number of halogens is 1. The average Bonchev–Trinajstić information content (AvgIpc) is 2.37. The number of ether oxygens (including phenoxy) is 2. The summed E-state index contributed by atoms with van der Waals surface area (Å²) in [5.74, 6) is 0.121. The van der Waals surface area contributed by atoms with Crippen LogP contribution < -0.4 is 20.5 Å². The molecule has 0 atom stereocenters. The van der Waals surface area contributed by atoms with Gasteiger partial charge in [0.2, 0.25) is 0 Å². The molecule has 7 heteroatoms. The van der Waals surface area contributed by atoms with E-state index in [2.05, 4.69) is 5.32 Å². The van der Waals surface area contributed by atoms with E-state index >= 15 is 0 Å². The van der Waals surface area contributed by atoms with E-state index in [0.29, 0.717) is 23.9 Å². The molecule has 0 heterocycles. The molecule has 0 bridgehead atoms. The van der Waals surface area contributed by atoms with Crippen LogP contribution in [0.2, 0.25) is 5.02 Å². The topological polar surface area (TPSA) is 93.8 Å². The third-order valence-corrected chi connectivity index (χ3v) is 2.55. The fraction of sp³-hybridized carbons (Fsp3) is 0.417. The van der Waals surface area contributed by atoms with Crippen LogP contribution in [0.4, 0.5) is 0 Å². The summed E-state index contributed by atoms with van der Waals surface area (Å²) in [6.07, 6.45) is 0. The normalized spacial score (nSPS) is 10.3. The third kappa shape index (κ3) is 4.94. The molecule has 1 rings (SSSR count). The van der Waals surface area contributed by atoms with Crippen molar-refractivity contribution in [2.24, 2.45) is 5.73 Å². The van der Waals surface area contributed by atoms with Crippen molar-refractivity contribution in [2.45, 2.75) is 6.54 Å². The Labute approximate surface area is 116 Å². The number of rotatable bonds is 8. The maximum atomic E-state index is 10.7. The van der Waals surface area contributed by atoms with Gasteiger partial charge in [-0.15, -0.1) is 0 Å². The summed E-state index contributed by atoms with van der Waals surface area (Å²) in [6.45, 7) is 0.815. The maximum Gasteiger partial charge on any atom is 0.255 e. The summed E-state index contributed by atoms with van der Waals surface area (Å²) in [7, 11) is 1.48. The van der Waals surface area contributed by atoms with Gasteiger partial charge >= 0.3 is 0 Å². The van der Waals surface area contributed by atoms with Crippen LogP contribution in [0.15, 0.2) is 12.1 Å². The molecule has 0 fully saturated rings. The Bertz CT molecular complexity index is 440. The van der Waals surface area contributed by atoms with Crippen molar-refractivity contribution in [3.8, 4) is 11.5 Å². The molecular formula is C12H17ClN2O4. The van der Waals surface area contributed by atoms with Crippen molar-refractivity contribution in [2.75, 3.05) is 26.9 Å². The first-order chi connectivity index (χ1) is 9.08. The zero-order valence-corrected chi connectivity index (χ0v) is 11.4. The first-order valence-electron chi connectivity index (χ1n) is 5.67. The molecule has 0 radical (unpaired) electrons. The fourth-order valence-electron chi connectivity index (χ4n) is 1.47. The van der Waals surface area contributed by atoms with Crippen LogP contribution in [0, 0.1) is 0 Å². The van der Waals surface area contributed by atoms with E-state index in [1.807, 2.05) is 0 Å². The Kier molecular flexibility index (Phi) is 6.41. The molecule has 0 spiro atoms. The Hall–Kier alpha value is -1.50. The predicted octanol–water partition coefficient (Wildman–Crippen LogP) is 0.295. The second kappa shape index (κ2) is 7.83. The number of primary amides is 1. The monoisotopic (exact) mass is 288 g/mol. The smallest absolute Gasteiger partial charge is 0.255 e. The van der Waals surface area contributed by atoms with Crippen LogP contribution in [0.5, 0.6) is 11.5 Å². The summed E-state index contributed by atoms with van der Waals surface area (Å²) < 4.78 is 10.4. The van der Waals surface area contributed by atoms with Crippen molar-refractivity contribution in [1.82, 2.24) is 5.32 Å². The molecule has 4 N–H and O–H groups in total. The van der Waals surface area contributed by atoms with Crippen LogP contribution in [-0.4, -0.2) is 37.9 Å². The molecule has 0 aliphatic rings. The number of aliphatic hydroxyl groups excluding tert-OH is 1. The van der Waals surface area contributed by atoms with Crippen molar-refractivity contribution >= 4 is 17.5 Å². The summed E-state index contributed by atoms with van der Waals surface area (Å²) in [4.78, 5) is 10.7. The van der Waals surface area contributed by atoms with Gasteiger partial charge in [-0.1, -0.05) is 11.6 Å². The summed E-state index contributed by atoms with van der Waals surface area (Å²) >= 11 is 6.08. The highest BCUT2D eigenvalue weighted by atomic mass is 35.5. The van der Waals surface area contributed by atoms with E-state index < -0.39 is 5.91 Å². The van der Waals surface area contributed by atoms with Gasteiger partial charge in [0.25, 0.3) is 5.91 Å². The highest BCUT2D eigenvalue weighted by Gasteiger charge is 2.12. The second-order valence-corrected chi connectivity index (χ2v) is 4.17. The zero-order valence-electron chi connectivity index (χ0n) is 10.6. The van der Waals surface area contributed by atoms with Crippen LogP contribution >= 0.6 is 11.6 Å². The fourth-order valence-corrected chi connectivity index (χ4v) is 1.76. The molecule has 1 amide bonds. The first-order valence-corrected chi connectivity index (χ1v) is 6.05. The van der Waals surface area contributed by atoms with E-state index in [1.54, 1.807) is 12.1 Å². The molecule has 0 saturated heterocycles. The number of nitrogens with one attached hydrogen (secondary N) is 1. The minimum atomic E-state index is -0.591. The number of carbonyl (C=O) groups excluding carboxylic acids is 1. The molecule has 19 heavy (non-hydrogen) atoms. The van der Waals surface area contributed by atoms with Gasteiger partial charge < -0.3 is 25.6 Å². The van der Waals surface area contributed by atoms with Crippen molar-refractivity contribution in [3.05, 3.63) is 22.7 Å². The van der Waals surface area contributed by atoms with Gasteiger partial charge in [-0.2, -0.15) is 0 Å². The van der Waals surface area contributed by atoms with Crippen LogP contribution in [0.1, 0.15) is 5.56 Å². The van der Waals surface area contributed by atoms with E-state index in [1.165, 1.54) is 7.11 Å². The largest absolute Gasteiger partial charge is 0.493 e. The van der Waals surface area contributed by atoms with E-state index in [0.717, 1.165) is 5.56 Å². The quantitative estimate of drug-likeness (QED) is 0.598.